The Bertz CT molecular complexity index is 1450. The lowest BCUT2D eigenvalue weighted by molar-refractivity contribution is -0.122. The van der Waals surface area contributed by atoms with Gasteiger partial charge in [0.25, 0.3) is 5.56 Å². The molecule has 0 fully saturated rings. The Balaban J connectivity index is 1.91. The molecule has 2 amide bonds. The molecule has 3 aromatic rings. The first-order valence-electron chi connectivity index (χ1n) is 13.0. The minimum absolute atomic E-state index is 0.0375. The van der Waals surface area contributed by atoms with Crippen LogP contribution < -0.4 is 33.0 Å². The molecule has 40 heavy (non-hydrogen) atoms. The van der Waals surface area contributed by atoms with E-state index in [4.69, 9.17) is 16.9 Å². The van der Waals surface area contributed by atoms with Gasteiger partial charge in [-0.3, -0.25) is 24.4 Å². The first kappa shape index (κ1) is 29.9. The molecule has 0 aliphatic carbocycles. The molecule has 1 aromatic heterocycles. The van der Waals surface area contributed by atoms with Gasteiger partial charge >= 0.3 is 0 Å². The summed E-state index contributed by atoms with van der Waals surface area (Å²) in [5.74, 6) is -0.464. The summed E-state index contributed by atoms with van der Waals surface area (Å²) in [6, 6.07) is 11.9. The maximum Gasteiger partial charge on any atom is 0.294 e. The van der Waals surface area contributed by atoms with E-state index >= 15 is 0 Å². The van der Waals surface area contributed by atoms with Gasteiger partial charge in [0.15, 0.2) is 5.82 Å². The zero-order valence-corrected chi connectivity index (χ0v) is 23.6. The van der Waals surface area contributed by atoms with E-state index < -0.39 is 5.56 Å². The first-order valence-corrected chi connectivity index (χ1v) is 13.0. The monoisotopic (exact) mass is 546 g/mol. The largest absolute Gasteiger partial charge is 0.399 e. The van der Waals surface area contributed by atoms with E-state index in [1.165, 1.54) is 10.8 Å². The predicted octanol–water partition coefficient (Wildman–Crippen LogP) is 3.29. The molecule has 0 radical (unpaired) electrons. The molecular formula is C29H38N8O3. The van der Waals surface area contributed by atoms with Gasteiger partial charge in [0.1, 0.15) is 12.4 Å². The fourth-order valence-corrected chi connectivity index (χ4v) is 4.01. The van der Waals surface area contributed by atoms with Crippen LogP contribution in [-0.2, 0) is 22.7 Å². The molecule has 3 rings (SSSR count). The highest BCUT2D eigenvalue weighted by Gasteiger charge is 2.19. The first-order chi connectivity index (χ1) is 18.7. The van der Waals surface area contributed by atoms with Gasteiger partial charge in [-0.05, 0) is 43.0 Å². The van der Waals surface area contributed by atoms with Crippen molar-refractivity contribution in [3.8, 4) is 11.3 Å². The van der Waals surface area contributed by atoms with Crippen LogP contribution in [-0.4, -0.2) is 33.2 Å². The Hall–Kier alpha value is -4.67. The zero-order chi connectivity index (χ0) is 29.6. The van der Waals surface area contributed by atoms with Crippen molar-refractivity contribution in [2.45, 2.75) is 60.2 Å². The van der Waals surface area contributed by atoms with Crippen LogP contribution in [0.25, 0.3) is 11.3 Å². The van der Waals surface area contributed by atoms with Gasteiger partial charge in [-0.2, -0.15) is 0 Å². The smallest absolute Gasteiger partial charge is 0.294 e. The van der Waals surface area contributed by atoms with Gasteiger partial charge in [-0.25, -0.2) is 4.98 Å². The molecule has 0 spiro atoms. The average molecular weight is 547 g/mol. The van der Waals surface area contributed by atoms with Crippen LogP contribution in [0.3, 0.4) is 0 Å². The van der Waals surface area contributed by atoms with Crippen LogP contribution in [0.4, 0.5) is 17.2 Å². The van der Waals surface area contributed by atoms with Gasteiger partial charge in [0.2, 0.25) is 11.8 Å². The maximum atomic E-state index is 13.4. The molecule has 0 aliphatic rings. The summed E-state index contributed by atoms with van der Waals surface area (Å²) in [6.07, 6.45) is 1.83. The summed E-state index contributed by atoms with van der Waals surface area (Å²) in [5, 5.41) is 16.2. The van der Waals surface area contributed by atoms with Gasteiger partial charge in [0, 0.05) is 41.5 Å². The summed E-state index contributed by atoms with van der Waals surface area (Å²) >= 11 is 0. The highest BCUT2D eigenvalue weighted by atomic mass is 16.2. The van der Waals surface area contributed by atoms with Crippen molar-refractivity contribution in [2.24, 2.45) is 11.1 Å². The lowest BCUT2D eigenvalue weighted by atomic mass is 9.92. The molecule has 0 bridgehead atoms. The molecule has 8 N–H and O–H groups in total. The van der Waals surface area contributed by atoms with Crippen molar-refractivity contribution < 1.29 is 9.59 Å². The van der Waals surface area contributed by atoms with Crippen molar-refractivity contribution in [1.82, 2.24) is 14.9 Å². The Labute approximate surface area is 233 Å². The Morgan fingerprint density at radius 3 is 2.35 bits per heavy atom. The summed E-state index contributed by atoms with van der Waals surface area (Å²) in [4.78, 5) is 43.3. The number of anilines is 3. The van der Waals surface area contributed by atoms with Gasteiger partial charge in [-0.1, -0.05) is 45.0 Å². The summed E-state index contributed by atoms with van der Waals surface area (Å²) in [7, 11) is 0. The molecule has 2 aromatic carbocycles. The second kappa shape index (κ2) is 12.5. The number of hydrogen-bond acceptors (Lipinski definition) is 7. The van der Waals surface area contributed by atoms with E-state index in [1.54, 1.807) is 42.5 Å². The zero-order valence-electron chi connectivity index (χ0n) is 23.6. The number of benzene rings is 2. The predicted molar refractivity (Wildman–Crippen MR) is 159 cm³/mol. The summed E-state index contributed by atoms with van der Waals surface area (Å²) < 4.78 is 1.33. The van der Waals surface area contributed by atoms with Crippen LogP contribution in [0.5, 0.6) is 0 Å². The van der Waals surface area contributed by atoms with E-state index in [9.17, 15) is 14.4 Å². The van der Waals surface area contributed by atoms with E-state index in [2.05, 4.69) is 20.9 Å². The fraction of sp³-hybridized carbons (Fsp3) is 0.345. The normalized spacial score (nSPS) is 11.2. The minimum atomic E-state index is -0.465. The van der Waals surface area contributed by atoms with E-state index in [0.717, 1.165) is 5.56 Å². The molecular weight excluding hydrogens is 508 g/mol. The number of nitrogens with two attached hydrogens (primary N) is 2. The van der Waals surface area contributed by atoms with E-state index in [0.29, 0.717) is 34.6 Å². The molecule has 0 atom stereocenters. The quantitative estimate of drug-likeness (QED) is 0.128. The third-order valence-electron chi connectivity index (χ3n) is 5.76. The Kier molecular flexibility index (Phi) is 9.31. The second-order valence-corrected chi connectivity index (χ2v) is 11.2. The molecule has 0 saturated carbocycles. The van der Waals surface area contributed by atoms with Gasteiger partial charge in [-0.15, -0.1) is 0 Å². The van der Waals surface area contributed by atoms with Crippen LogP contribution in [0.1, 0.15) is 52.2 Å². The minimum Gasteiger partial charge on any atom is -0.399 e. The topological polar surface area (TPSA) is 181 Å². The molecule has 0 unspecified atom stereocenters. The number of aromatic nitrogens is 2. The third-order valence-corrected chi connectivity index (χ3v) is 5.76. The van der Waals surface area contributed by atoms with Crippen LogP contribution in [0.15, 0.2) is 53.5 Å². The maximum absolute atomic E-state index is 13.4. The summed E-state index contributed by atoms with van der Waals surface area (Å²) in [6.45, 7) is 9.64. The number of carbonyl (C=O) groups is 2. The van der Waals surface area contributed by atoms with Crippen molar-refractivity contribution in [3.63, 3.8) is 0 Å². The van der Waals surface area contributed by atoms with Crippen molar-refractivity contribution in [1.29, 1.82) is 5.41 Å². The second-order valence-electron chi connectivity index (χ2n) is 11.2. The number of nitrogen functional groups attached to an aromatic ring is 2. The SMILES string of the molecule is CC(C)Nc1ncc(-c2cc(N)cc(NC(=O)CC(C)(C)C)c2)n(CC(=O)NCc2ccc(C(=N)N)cc2)c1=O. The van der Waals surface area contributed by atoms with Crippen molar-refractivity contribution in [2.75, 3.05) is 16.4 Å². The number of amidine groups is 1. The number of carbonyl (C=O) groups excluding carboxylic acids is 2. The Morgan fingerprint density at radius 2 is 1.75 bits per heavy atom. The number of nitrogens with zero attached hydrogens (tertiary/aromatic N) is 2. The standard InChI is InChI=1S/C29H38N8O3/c1-17(2)35-27-28(40)37(16-25(39)33-14-18-6-8-19(9-7-18)26(31)32)23(15-34-27)20-10-21(30)12-22(11-20)36-24(38)13-29(3,4)5/h6-12,15,17H,13-14,16,30H2,1-5H3,(H3,31,32)(H,33,39)(H,34,35)(H,36,38). The molecule has 1 heterocycles. The third kappa shape index (κ3) is 8.42. The van der Waals surface area contributed by atoms with Crippen LogP contribution in [0, 0.1) is 10.8 Å². The Morgan fingerprint density at radius 1 is 1.07 bits per heavy atom. The number of nitrogens with one attached hydrogen (secondary N) is 4. The lowest BCUT2D eigenvalue weighted by Gasteiger charge is -2.19. The molecule has 11 heteroatoms. The number of amides is 2. The van der Waals surface area contributed by atoms with Crippen LogP contribution in [0.2, 0.25) is 0 Å². The lowest BCUT2D eigenvalue weighted by Crippen LogP contribution is -2.35. The van der Waals surface area contributed by atoms with E-state index in [1.807, 2.05) is 34.6 Å². The highest BCUT2D eigenvalue weighted by molar-refractivity contribution is 5.95. The number of hydrogen-bond donors (Lipinski definition) is 6. The summed E-state index contributed by atoms with van der Waals surface area (Å²) in [5.41, 5.74) is 14.2. The average Bonchev–Trinajstić information content (AvgIpc) is 2.83. The number of rotatable bonds is 10. The molecule has 0 saturated heterocycles. The van der Waals surface area contributed by atoms with Gasteiger partial charge < -0.3 is 27.4 Å². The highest BCUT2D eigenvalue weighted by Crippen LogP contribution is 2.27. The van der Waals surface area contributed by atoms with Crippen LogP contribution >= 0.6 is 0 Å². The molecule has 0 aliphatic heterocycles. The van der Waals surface area contributed by atoms with Gasteiger partial charge in [0.05, 0.1) is 11.9 Å². The molecule has 11 nitrogen and oxygen atoms in total. The van der Waals surface area contributed by atoms with Crippen molar-refractivity contribution >= 4 is 34.8 Å². The van der Waals surface area contributed by atoms with Crippen molar-refractivity contribution in [3.05, 3.63) is 70.1 Å². The van der Waals surface area contributed by atoms with E-state index in [-0.39, 0.29) is 48.0 Å². The fourth-order valence-electron chi connectivity index (χ4n) is 4.01. The molecule has 212 valence electrons.